The molecule has 35 heavy (non-hydrogen) atoms. The number of para-hydroxylation sites is 1. The van der Waals surface area contributed by atoms with Gasteiger partial charge in [-0.25, -0.2) is 0 Å². The van der Waals surface area contributed by atoms with Gasteiger partial charge >= 0.3 is 7.60 Å². The number of aromatic hydroxyl groups is 1. The van der Waals surface area contributed by atoms with E-state index in [-0.39, 0.29) is 24.5 Å². The lowest BCUT2D eigenvalue weighted by Gasteiger charge is -2.30. The van der Waals surface area contributed by atoms with Gasteiger partial charge in [-0.3, -0.25) is 14.2 Å². The Kier molecular flexibility index (Phi) is 8.79. The number of hydroxylamine groups is 2. The number of phenolic OH excluding ortho intramolecular Hbond substituents is 1. The van der Waals surface area contributed by atoms with Crippen molar-refractivity contribution in [2.75, 3.05) is 41.6 Å². The number of carbonyl (C=O) groups is 1. The smallest absolute Gasteiger partial charge is 0.350 e. The van der Waals surface area contributed by atoms with Crippen LogP contribution in [0.4, 0.5) is 0 Å². The summed E-state index contributed by atoms with van der Waals surface area (Å²) in [4.78, 5) is 19.6. The zero-order valence-electron chi connectivity index (χ0n) is 20.7. The average molecular weight is 509 g/mol. The van der Waals surface area contributed by atoms with Crippen molar-refractivity contribution in [3.05, 3.63) is 47.5 Å². The molecule has 0 aliphatic carbocycles. The second kappa shape index (κ2) is 11.4. The Balaban J connectivity index is 2.24. The van der Waals surface area contributed by atoms with Gasteiger partial charge < -0.3 is 28.4 Å². The first-order valence-electron chi connectivity index (χ1n) is 11.2. The van der Waals surface area contributed by atoms with Crippen molar-refractivity contribution in [2.24, 2.45) is 0 Å². The summed E-state index contributed by atoms with van der Waals surface area (Å²) in [6.45, 7) is 3.67. The van der Waals surface area contributed by atoms with E-state index in [1.807, 2.05) is 0 Å². The Hall–Kier alpha value is -2.62. The summed E-state index contributed by atoms with van der Waals surface area (Å²) in [6, 6.07) is 9.53. The highest BCUT2D eigenvalue weighted by Gasteiger charge is 2.56. The molecule has 3 rings (SSSR count). The van der Waals surface area contributed by atoms with Gasteiger partial charge in [-0.05, 0) is 43.7 Å². The summed E-state index contributed by atoms with van der Waals surface area (Å²) in [7, 11) is 2.19. The number of carbonyl (C=O) groups excluding carboxylic acids is 1. The predicted octanol–water partition coefficient (Wildman–Crippen LogP) is 4.22. The molecule has 11 heteroatoms. The highest BCUT2D eigenvalue weighted by atomic mass is 31.2. The molecule has 0 radical (unpaired) electrons. The molecule has 1 fully saturated rings. The quantitative estimate of drug-likeness (QED) is 0.349. The lowest BCUT2D eigenvalue weighted by atomic mass is 9.88. The summed E-state index contributed by atoms with van der Waals surface area (Å²) in [6.07, 6.45) is -1.16. The summed E-state index contributed by atoms with van der Waals surface area (Å²) in [5.41, 5.74) is 0.605. The van der Waals surface area contributed by atoms with Gasteiger partial charge in [0.25, 0.3) is 0 Å². The lowest BCUT2D eigenvalue weighted by molar-refractivity contribution is -0.122. The zero-order valence-corrected chi connectivity index (χ0v) is 21.6. The van der Waals surface area contributed by atoms with Crippen molar-refractivity contribution < 1.29 is 42.6 Å². The van der Waals surface area contributed by atoms with E-state index in [1.54, 1.807) is 45.2 Å². The van der Waals surface area contributed by atoms with Gasteiger partial charge in [0.15, 0.2) is 23.4 Å². The molecule has 0 saturated carbocycles. The third-order valence-electron chi connectivity index (χ3n) is 5.74. The van der Waals surface area contributed by atoms with Crippen LogP contribution in [-0.4, -0.2) is 69.4 Å². The van der Waals surface area contributed by atoms with Crippen molar-refractivity contribution in [1.82, 2.24) is 5.06 Å². The summed E-state index contributed by atoms with van der Waals surface area (Å²) >= 11 is 0. The average Bonchev–Trinajstić information content (AvgIpc) is 3.21. The molecule has 1 saturated heterocycles. The molecule has 0 amide bonds. The molecule has 3 atom stereocenters. The van der Waals surface area contributed by atoms with E-state index in [2.05, 4.69) is 0 Å². The number of ether oxygens (including phenoxy) is 3. The molecule has 0 bridgehead atoms. The molecule has 2 aromatic rings. The first kappa shape index (κ1) is 27.0. The fraction of sp³-hybridized carbons (Fsp3) is 0.458. The third kappa shape index (κ3) is 5.17. The highest BCUT2D eigenvalue weighted by Crippen LogP contribution is 2.62. The zero-order chi connectivity index (χ0) is 25.8. The van der Waals surface area contributed by atoms with Crippen molar-refractivity contribution in [3.63, 3.8) is 0 Å². The predicted molar refractivity (Wildman–Crippen MR) is 129 cm³/mol. The van der Waals surface area contributed by atoms with E-state index in [0.717, 1.165) is 0 Å². The Morgan fingerprint density at radius 1 is 1.03 bits per heavy atom. The standard InChI is InChI=1S/C24H32NO9P/c1-7-32-35(28,33-8-2)24-20(15-13-18(29-4)22(31-6)19(14-15)30-5)23(34-25(24)3)21(27)16-11-9-10-12-17(16)26/h9-14,20,23-24,26H,7-8H2,1-6H3/t20-,23+,24-/m1/s1. The van der Waals surface area contributed by atoms with Crippen LogP contribution >= 0.6 is 7.60 Å². The third-order valence-corrected chi connectivity index (χ3v) is 8.27. The summed E-state index contributed by atoms with van der Waals surface area (Å²) < 4.78 is 41.8. The van der Waals surface area contributed by atoms with Gasteiger partial charge in [0.1, 0.15) is 11.5 Å². The van der Waals surface area contributed by atoms with Crippen LogP contribution in [0.15, 0.2) is 36.4 Å². The molecule has 192 valence electrons. The number of hydrogen-bond acceptors (Lipinski definition) is 10. The molecular weight excluding hydrogens is 477 g/mol. The van der Waals surface area contributed by atoms with Gasteiger partial charge in [-0.2, -0.15) is 5.06 Å². The number of methoxy groups -OCH3 is 3. The van der Waals surface area contributed by atoms with Gasteiger partial charge in [0.2, 0.25) is 5.75 Å². The largest absolute Gasteiger partial charge is 0.507 e. The monoisotopic (exact) mass is 509 g/mol. The molecule has 2 aromatic carbocycles. The Morgan fingerprint density at radius 2 is 1.60 bits per heavy atom. The molecule has 1 N–H and O–H groups in total. The number of benzene rings is 2. The second-order valence-corrected chi connectivity index (χ2v) is 9.85. The van der Waals surface area contributed by atoms with Crippen molar-refractivity contribution >= 4 is 13.4 Å². The number of hydrogen-bond donors (Lipinski definition) is 1. The minimum Gasteiger partial charge on any atom is -0.507 e. The first-order chi connectivity index (χ1) is 16.8. The van der Waals surface area contributed by atoms with Crippen LogP contribution in [0, 0.1) is 0 Å². The van der Waals surface area contributed by atoms with Crippen LogP contribution in [0.3, 0.4) is 0 Å². The second-order valence-electron chi connectivity index (χ2n) is 7.73. The number of phenols is 1. The summed E-state index contributed by atoms with van der Waals surface area (Å²) in [5, 5.41) is 11.7. The number of likely N-dealkylation sites (N-methyl/N-ethyl adjacent to an activating group) is 1. The Bertz CT molecular complexity index is 1060. The van der Waals surface area contributed by atoms with Crippen LogP contribution in [0.5, 0.6) is 23.0 Å². The fourth-order valence-electron chi connectivity index (χ4n) is 4.32. The molecule has 1 aliphatic heterocycles. The highest BCUT2D eigenvalue weighted by molar-refractivity contribution is 7.54. The van der Waals surface area contributed by atoms with Crippen molar-refractivity contribution in [2.45, 2.75) is 31.7 Å². The lowest BCUT2D eigenvalue weighted by Crippen LogP contribution is -2.32. The van der Waals surface area contributed by atoms with E-state index in [0.29, 0.717) is 22.8 Å². The van der Waals surface area contributed by atoms with E-state index in [9.17, 15) is 14.5 Å². The SMILES string of the molecule is CCOP(=O)(OCC)[C@@H]1[C@H](c2cc(OC)c(OC)c(OC)c2)[C@@H](C(=O)c2ccccc2O)ON1C. The van der Waals surface area contributed by atoms with Gasteiger partial charge in [-0.15, -0.1) is 0 Å². The van der Waals surface area contributed by atoms with Crippen LogP contribution in [-0.2, 0) is 18.5 Å². The summed E-state index contributed by atoms with van der Waals surface area (Å²) in [5.74, 6) is -1.43. The Morgan fingerprint density at radius 3 is 2.09 bits per heavy atom. The van der Waals surface area contributed by atoms with Gasteiger partial charge in [0, 0.05) is 13.0 Å². The topological polar surface area (TPSA) is 113 Å². The van der Waals surface area contributed by atoms with E-state index >= 15 is 0 Å². The number of ketones is 1. The maximum absolute atomic E-state index is 14.0. The minimum absolute atomic E-state index is 0.0756. The van der Waals surface area contributed by atoms with Crippen molar-refractivity contribution in [3.8, 4) is 23.0 Å². The van der Waals surface area contributed by atoms with Crippen LogP contribution in [0.2, 0.25) is 0 Å². The van der Waals surface area contributed by atoms with Crippen molar-refractivity contribution in [1.29, 1.82) is 0 Å². The van der Waals surface area contributed by atoms with Gasteiger partial charge in [-0.1, -0.05) is 12.1 Å². The fourth-order valence-corrected chi connectivity index (χ4v) is 6.60. The minimum atomic E-state index is -3.82. The molecule has 1 heterocycles. The maximum Gasteiger partial charge on any atom is 0.350 e. The van der Waals surface area contributed by atoms with E-state index in [1.165, 1.54) is 38.5 Å². The maximum atomic E-state index is 14.0. The number of nitrogens with zero attached hydrogens (tertiary/aromatic N) is 1. The Labute approximate surface area is 205 Å². The molecule has 0 spiro atoms. The molecule has 0 aromatic heterocycles. The first-order valence-corrected chi connectivity index (χ1v) is 12.8. The molecule has 0 unspecified atom stereocenters. The number of Topliss-reactive ketones (excluding diaryl/α,β-unsaturated/α-hetero) is 1. The van der Waals surface area contributed by atoms with Gasteiger partial charge in [0.05, 0.1) is 40.1 Å². The number of rotatable bonds is 11. The van der Waals surface area contributed by atoms with Crippen LogP contribution < -0.4 is 14.2 Å². The van der Waals surface area contributed by atoms with E-state index in [4.69, 9.17) is 28.1 Å². The molecule has 1 aliphatic rings. The molecule has 10 nitrogen and oxygen atoms in total. The molecular formula is C24H32NO9P. The van der Waals surface area contributed by atoms with Crippen LogP contribution in [0.1, 0.15) is 35.7 Å². The normalized spacial score (nSPS) is 20.6. The van der Waals surface area contributed by atoms with E-state index < -0.39 is 31.2 Å². The van der Waals surface area contributed by atoms with Crippen LogP contribution in [0.25, 0.3) is 0 Å².